The molecular weight excluding hydrogens is 406 g/mol. The van der Waals surface area contributed by atoms with Crippen LogP contribution in [0.5, 0.6) is 0 Å². The van der Waals surface area contributed by atoms with Crippen molar-refractivity contribution < 1.29 is 4.79 Å². The summed E-state index contributed by atoms with van der Waals surface area (Å²) in [5.41, 5.74) is 7.59. The Morgan fingerprint density at radius 3 is 2.58 bits per heavy atom. The van der Waals surface area contributed by atoms with E-state index < -0.39 is 0 Å². The monoisotopic (exact) mass is 443 g/mol. The molecular formula is C29H37N3O. The van der Waals surface area contributed by atoms with Gasteiger partial charge in [-0.25, -0.2) is 0 Å². The van der Waals surface area contributed by atoms with Crippen LogP contribution in [0.15, 0.2) is 61.7 Å². The number of amides is 1. The van der Waals surface area contributed by atoms with Gasteiger partial charge in [0.05, 0.1) is 0 Å². The first kappa shape index (κ1) is 23.3. The Hall–Kier alpha value is -2.85. The molecule has 2 aromatic carbocycles. The molecule has 1 fully saturated rings. The Morgan fingerprint density at radius 2 is 1.91 bits per heavy atom. The van der Waals surface area contributed by atoms with E-state index in [1.165, 1.54) is 40.7 Å². The summed E-state index contributed by atoms with van der Waals surface area (Å²) in [6.07, 6.45) is 5.82. The molecule has 2 heterocycles. The quantitative estimate of drug-likeness (QED) is 0.567. The number of hydrogen-bond acceptors (Lipinski definition) is 3. The van der Waals surface area contributed by atoms with Crippen molar-refractivity contribution in [2.45, 2.75) is 57.7 Å². The van der Waals surface area contributed by atoms with Gasteiger partial charge in [0.15, 0.2) is 0 Å². The topological polar surface area (TPSA) is 35.6 Å². The van der Waals surface area contributed by atoms with Gasteiger partial charge in [-0.1, -0.05) is 60.7 Å². The molecule has 1 unspecified atom stereocenters. The molecule has 2 aliphatic rings. The molecule has 0 saturated carbocycles. The number of piperidine rings is 1. The summed E-state index contributed by atoms with van der Waals surface area (Å²) in [5, 5.41) is 2.82. The summed E-state index contributed by atoms with van der Waals surface area (Å²) in [4.78, 5) is 17.3. The summed E-state index contributed by atoms with van der Waals surface area (Å²) >= 11 is 0. The van der Waals surface area contributed by atoms with Crippen molar-refractivity contribution >= 4 is 11.6 Å². The highest BCUT2D eigenvalue weighted by Gasteiger charge is 2.32. The molecule has 0 radical (unpaired) electrons. The van der Waals surface area contributed by atoms with E-state index in [4.69, 9.17) is 0 Å². The molecule has 0 bridgehead atoms. The molecule has 2 aromatic rings. The van der Waals surface area contributed by atoms with Crippen molar-refractivity contribution in [3.63, 3.8) is 0 Å². The molecule has 1 amide bonds. The number of rotatable bonds is 8. The molecule has 0 aliphatic carbocycles. The molecule has 1 saturated heterocycles. The first-order valence-electron chi connectivity index (χ1n) is 12.2. The lowest BCUT2D eigenvalue weighted by Crippen LogP contribution is -2.42. The molecule has 0 aromatic heterocycles. The molecule has 4 heteroatoms. The van der Waals surface area contributed by atoms with Crippen molar-refractivity contribution in [3.8, 4) is 0 Å². The number of benzene rings is 2. The fourth-order valence-corrected chi connectivity index (χ4v) is 5.26. The van der Waals surface area contributed by atoms with Crippen LogP contribution in [0.1, 0.15) is 59.4 Å². The van der Waals surface area contributed by atoms with Crippen LogP contribution < -0.4 is 5.32 Å². The highest BCUT2D eigenvalue weighted by atomic mass is 16.2. The Morgan fingerprint density at radius 1 is 1.18 bits per heavy atom. The van der Waals surface area contributed by atoms with Crippen LogP contribution in [-0.4, -0.2) is 41.9 Å². The van der Waals surface area contributed by atoms with E-state index in [1.54, 1.807) is 7.05 Å². The van der Waals surface area contributed by atoms with Gasteiger partial charge in [-0.2, -0.15) is 0 Å². The Labute approximate surface area is 199 Å². The van der Waals surface area contributed by atoms with Crippen LogP contribution in [0, 0.1) is 6.92 Å². The van der Waals surface area contributed by atoms with E-state index in [2.05, 4.69) is 77.7 Å². The smallest absolute Gasteiger partial charge is 0.242 e. The first-order valence-corrected chi connectivity index (χ1v) is 12.2. The largest absolute Gasteiger partial charge is 0.357 e. The number of likely N-dealkylation sites (N-methyl/N-ethyl adjacent to an activating group) is 1. The second-order valence-corrected chi connectivity index (χ2v) is 9.52. The summed E-state index contributed by atoms with van der Waals surface area (Å²) in [6, 6.07) is 15.6. The van der Waals surface area contributed by atoms with Crippen LogP contribution in [0.4, 0.5) is 0 Å². The second kappa shape index (κ2) is 10.4. The van der Waals surface area contributed by atoms with Gasteiger partial charge >= 0.3 is 0 Å². The number of likely N-dealkylation sites (tertiary alicyclic amines) is 1. The summed E-state index contributed by atoms with van der Waals surface area (Å²) in [6.45, 7) is 14.4. The first-order chi connectivity index (χ1) is 16.0. The lowest BCUT2D eigenvalue weighted by Gasteiger charge is -2.32. The standard InChI is InChI=1S/C29H37N3O/c1-5-6-7-28(29(33)30-4)32-20-26-18-25(12-13-27(26)22(32)3)24-14-16-31(17-15-24)19-23-10-8-21(2)9-11-23/h5,8-13,18,24,28H,1,3,6-7,14-17,19-20H2,2,4H3,(H,30,33). The van der Waals surface area contributed by atoms with Gasteiger partial charge in [0.2, 0.25) is 5.91 Å². The van der Waals surface area contributed by atoms with Crippen LogP contribution >= 0.6 is 0 Å². The SMILES string of the molecule is C=CCCC(C(=O)NC)N1Cc2cc(C3CCN(Cc4ccc(C)cc4)CC3)ccc2C1=C. The number of hydrogen-bond donors (Lipinski definition) is 1. The van der Waals surface area contributed by atoms with Crippen molar-refractivity contribution in [1.29, 1.82) is 0 Å². The van der Waals surface area contributed by atoms with E-state index in [0.717, 1.165) is 44.7 Å². The van der Waals surface area contributed by atoms with Gasteiger partial charge in [0.1, 0.15) is 6.04 Å². The lowest BCUT2D eigenvalue weighted by atomic mass is 9.87. The molecule has 2 aliphatic heterocycles. The fraction of sp³-hybridized carbons (Fsp3) is 0.414. The minimum absolute atomic E-state index is 0.0481. The number of allylic oxidation sites excluding steroid dienone is 1. The number of nitrogens with zero attached hydrogens (tertiary/aromatic N) is 2. The van der Waals surface area contributed by atoms with Gasteiger partial charge in [-0.05, 0) is 68.3 Å². The number of carbonyl (C=O) groups is 1. The van der Waals surface area contributed by atoms with Crippen molar-refractivity contribution in [1.82, 2.24) is 15.1 Å². The predicted molar refractivity (Wildman–Crippen MR) is 137 cm³/mol. The van der Waals surface area contributed by atoms with Crippen molar-refractivity contribution in [3.05, 3.63) is 89.5 Å². The number of nitrogens with one attached hydrogen (secondary N) is 1. The zero-order valence-corrected chi connectivity index (χ0v) is 20.1. The van der Waals surface area contributed by atoms with Gasteiger partial charge in [-0.15, -0.1) is 6.58 Å². The fourth-order valence-electron chi connectivity index (χ4n) is 5.26. The number of carbonyl (C=O) groups excluding carboxylic acids is 1. The predicted octanol–water partition coefficient (Wildman–Crippen LogP) is 5.24. The Balaban J connectivity index is 1.40. The normalized spacial score (nSPS) is 17.6. The zero-order valence-electron chi connectivity index (χ0n) is 20.1. The molecule has 1 atom stereocenters. The highest BCUT2D eigenvalue weighted by molar-refractivity contribution is 5.84. The summed E-state index contributed by atoms with van der Waals surface area (Å²) in [5.74, 6) is 0.648. The van der Waals surface area contributed by atoms with Crippen LogP contribution in [0.25, 0.3) is 5.70 Å². The minimum Gasteiger partial charge on any atom is -0.357 e. The third-order valence-corrected chi connectivity index (χ3v) is 7.28. The molecule has 33 heavy (non-hydrogen) atoms. The van der Waals surface area contributed by atoms with Crippen LogP contribution in [0.2, 0.25) is 0 Å². The van der Waals surface area contributed by atoms with Crippen LogP contribution in [0.3, 0.4) is 0 Å². The van der Waals surface area contributed by atoms with E-state index in [1.807, 2.05) is 6.08 Å². The number of aryl methyl sites for hydroxylation is 1. The van der Waals surface area contributed by atoms with Gasteiger partial charge in [0, 0.05) is 31.4 Å². The molecule has 0 spiro atoms. The molecule has 1 N–H and O–H groups in total. The summed E-state index contributed by atoms with van der Waals surface area (Å²) in [7, 11) is 1.71. The maximum Gasteiger partial charge on any atom is 0.242 e. The lowest BCUT2D eigenvalue weighted by molar-refractivity contribution is -0.125. The van der Waals surface area contributed by atoms with Crippen molar-refractivity contribution in [2.24, 2.45) is 0 Å². The van der Waals surface area contributed by atoms with E-state index in [-0.39, 0.29) is 11.9 Å². The molecule has 4 rings (SSSR count). The van der Waals surface area contributed by atoms with Crippen molar-refractivity contribution in [2.75, 3.05) is 20.1 Å². The van der Waals surface area contributed by atoms with E-state index in [0.29, 0.717) is 5.92 Å². The third-order valence-electron chi connectivity index (χ3n) is 7.28. The molecule has 4 nitrogen and oxygen atoms in total. The van der Waals surface area contributed by atoms with Gasteiger partial charge < -0.3 is 10.2 Å². The van der Waals surface area contributed by atoms with Crippen LogP contribution in [-0.2, 0) is 17.9 Å². The van der Waals surface area contributed by atoms with E-state index >= 15 is 0 Å². The maximum absolute atomic E-state index is 12.6. The molecule has 174 valence electrons. The summed E-state index contributed by atoms with van der Waals surface area (Å²) < 4.78 is 0. The maximum atomic E-state index is 12.6. The Bertz CT molecular complexity index is 1000. The highest BCUT2D eigenvalue weighted by Crippen LogP contribution is 2.38. The third kappa shape index (κ3) is 5.22. The average molecular weight is 444 g/mol. The van der Waals surface area contributed by atoms with Gasteiger partial charge in [0.25, 0.3) is 0 Å². The zero-order chi connectivity index (χ0) is 23.4. The average Bonchev–Trinajstić information content (AvgIpc) is 3.16. The minimum atomic E-state index is -0.207. The Kier molecular flexibility index (Phi) is 7.34. The van der Waals surface area contributed by atoms with E-state index in [9.17, 15) is 4.79 Å². The second-order valence-electron chi connectivity index (χ2n) is 9.52. The van der Waals surface area contributed by atoms with Gasteiger partial charge in [-0.3, -0.25) is 9.69 Å². The number of fused-ring (bicyclic) bond motifs is 1.